The Balaban J connectivity index is 1.21. The summed E-state index contributed by atoms with van der Waals surface area (Å²) in [4.78, 5) is 15.1. The molecule has 1 aliphatic carbocycles. The highest BCUT2D eigenvalue weighted by Gasteiger charge is 2.36. The van der Waals surface area contributed by atoms with Gasteiger partial charge in [0.15, 0.2) is 17.5 Å². The van der Waals surface area contributed by atoms with Crippen LogP contribution in [0.4, 0.5) is 0 Å². The first-order valence-corrected chi connectivity index (χ1v) is 20.5. The summed E-state index contributed by atoms with van der Waals surface area (Å²) in [6.45, 7) is 4.62. The molecule has 0 saturated carbocycles. The summed E-state index contributed by atoms with van der Waals surface area (Å²) in [5, 5.41) is 4.42. The molecule has 0 radical (unpaired) electrons. The molecule has 0 N–H and O–H groups in total. The van der Waals surface area contributed by atoms with Crippen LogP contribution in [0.15, 0.2) is 182 Å². The van der Waals surface area contributed by atoms with Gasteiger partial charge in [0.2, 0.25) is 0 Å². The monoisotopic (exact) mass is 777 g/mol. The maximum atomic E-state index is 8.96. The molecule has 59 heavy (non-hydrogen) atoms. The summed E-state index contributed by atoms with van der Waals surface area (Å²) in [5.41, 5.74) is 11.5. The Morgan fingerprint density at radius 1 is 0.458 bits per heavy atom. The van der Waals surface area contributed by atoms with Gasteiger partial charge in [-0.3, -0.25) is 0 Å². The van der Waals surface area contributed by atoms with Crippen LogP contribution >= 0.6 is 11.3 Å². The van der Waals surface area contributed by atoms with Gasteiger partial charge in [-0.25, -0.2) is 15.0 Å². The zero-order valence-electron chi connectivity index (χ0n) is 37.1. The zero-order valence-corrected chi connectivity index (χ0v) is 32.9. The topological polar surface area (TPSA) is 43.6 Å². The van der Waals surface area contributed by atoms with Gasteiger partial charge in [0.1, 0.15) is 0 Å². The van der Waals surface area contributed by atoms with E-state index < -0.39 is 18.1 Å². The van der Waals surface area contributed by atoms with Gasteiger partial charge >= 0.3 is 0 Å². The lowest BCUT2D eigenvalue weighted by molar-refractivity contribution is 0.661. The molecule has 3 aromatic heterocycles. The van der Waals surface area contributed by atoms with Crippen molar-refractivity contribution >= 4 is 53.3 Å². The van der Waals surface area contributed by atoms with Crippen LogP contribution in [-0.4, -0.2) is 19.5 Å². The number of hydrogen-bond donors (Lipinski definition) is 0. The lowest BCUT2D eigenvalue weighted by Gasteiger charge is -2.21. The van der Waals surface area contributed by atoms with Crippen LogP contribution in [0.3, 0.4) is 0 Å². The summed E-state index contributed by atoms with van der Waals surface area (Å²) in [7, 11) is 0. The Hall–Kier alpha value is -7.21. The van der Waals surface area contributed by atoms with Crippen molar-refractivity contribution in [1.82, 2.24) is 19.5 Å². The Morgan fingerprint density at radius 3 is 1.92 bits per heavy atom. The highest BCUT2D eigenvalue weighted by Crippen LogP contribution is 2.52. The van der Waals surface area contributed by atoms with Crippen molar-refractivity contribution in [2.24, 2.45) is 0 Å². The first kappa shape index (κ1) is 29.1. The molecule has 0 atom stereocenters. The molecule has 0 spiro atoms. The van der Waals surface area contributed by atoms with E-state index >= 15 is 0 Å². The van der Waals surface area contributed by atoms with Gasteiger partial charge < -0.3 is 4.57 Å². The van der Waals surface area contributed by atoms with Crippen molar-refractivity contribution in [3.05, 3.63) is 193 Å². The summed E-state index contributed by atoms with van der Waals surface area (Å²) in [6.07, 6.45) is 0. The van der Waals surface area contributed by atoms with Crippen LogP contribution < -0.4 is 0 Å². The van der Waals surface area contributed by atoms with E-state index in [0.717, 1.165) is 64.4 Å². The predicted molar refractivity (Wildman–Crippen MR) is 246 cm³/mol. The minimum absolute atomic E-state index is 0.000742. The van der Waals surface area contributed by atoms with Crippen molar-refractivity contribution in [1.29, 1.82) is 0 Å². The molecule has 11 aromatic rings. The molecule has 12 rings (SSSR count). The molecule has 0 unspecified atom stereocenters. The second kappa shape index (κ2) is 12.9. The molecule has 4 nitrogen and oxygen atoms in total. The first-order chi connectivity index (χ1) is 31.1. The molecule has 0 fully saturated rings. The Morgan fingerprint density at radius 2 is 1.10 bits per heavy atom. The minimum atomic E-state index is -0.478. The van der Waals surface area contributed by atoms with E-state index in [9.17, 15) is 0 Å². The van der Waals surface area contributed by atoms with Crippen molar-refractivity contribution in [3.63, 3.8) is 0 Å². The molecule has 278 valence electrons. The number of hydrogen-bond acceptors (Lipinski definition) is 4. The summed E-state index contributed by atoms with van der Waals surface area (Å²) >= 11 is 1.67. The van der Waals surface area contributed by atoms with Gasteiger partial charge in [-0.2, -0.15) is 0 Å². The highest BCUT2D eigenvalue weighted by atomic mass is 32.1. The van der Waals surface area contributed by atoms with Crippen molar-refractivity contribution < 1.29 is 6.85 Å². The summed E-state index contributed by atoms with van der Waals surface area (Å²) in [5.74, 6) is 0.651. The lowest BCUT2D eigenvalue weighted by atomic mass is 9.82. The van der Waals surface area contributed by atoms with Crippen LogP contribution in [0, 0.1) is 0 Å². The number of nitrogens with zero attached hydrogens (tertiary/aromatic N) is 4. The standard InChI is InChI=1S/C54H36N4S/c1-54(2)45-27-14-12-23-38(45)41-32-48-42(31-46(41)54)39-24-13-15-28-47(39)58(48)36-29-43-40-26-16-25-37(33-17-6-3-7-18-33)49(40)59-50(43)44(30-36)53-56-51(34-19-8-4-9-20-34)55-52(57-53)35-21-10-5-11-22-35/h3-32H,1-2H3/i4D,8D,9D,19D,20D. The van der Waals surface area contributed by atoms with Gasteiger partial charge in [-0.05, 0) is 63.7 Å². The van der Waals surface area contributed by atoms with Gasteiger partial charge in [0, 0.05) is 58.7 Å². The largest absolute Gasteiger partial charge is 0.309 e. The SMILES string of the molecule is [2H]c1c([2H])c([2H])c(-c2nc(-c3ccccc3)nc(-c3cc(-n4c5ccccc5c5cc6c(cc54)-c4ccccc4C6(C)C)cc4c3sc3c(-c5ccccc5)cccc34)n2)c([2H])c1[2H]. The second-order valence-electron chi connectivity index (χ2n) is 15.6. The summed E-state index contributed by atoms with van der Waals surface area (Å²) < 4.78 is 47.8. The van der Waals surface area contributed by atoms with Crippen LogP contribution in [0.2, 0.25) is 0 Å². The first-order valence-electron chi connectivity index (χ1n) is 22.2. The lowest BCUT2D eigenvalue weighted by Crippen LogP contribution is -2.14. The normalized spacial score (nSPS) is 14.2. The van der Waals surface area contributed by atoms with E-state index in [1.807, 2.05) is 36.4 Å². The maximum absolute atomic E-state index is 8.96. The van der Waals surface area contributed by atoms with E-state index in [1.54, 1.807) is 11.3 Å². The third-order valence-corrected chi connectivity index (χ3v) is 13.2. The van der Waals surface area contributed by atoms with E-state index in [1.165, 1.54) is 22.3 Å². The molecular formula is C54H36N4S. The van der Waals surface area contributed by atoms with E-state index in [2.05, 4.69) is 134 Å². The average molecular weight is 778 g/mol. The van der Waals surface area contributed by atoms with Crippen LogP contribution in [-0.2, 0) is 5.41 Å². The van der Waals surface area contributed by atoms with E-state index in [4.69, 9.17) is 21.8 Å². The molecule has 0 amide bonds. The Bertz CT molecular complexity index is 3740. The van der Waals surface area contributed by atoms with Crippen LogP contribution in [0.25, 0.3) is 104 Å². The average Bonchev–Trinajstić information content (AvgIpc) is 3.95. The second-order valence-corrected chi connectivity index (χ2v) is 16.7. The molecule has 0 saturated heterocycles. The molecule has 0 bridgehead atoms. The van der Waals surface area contributed by atoms with Crippen LogP contribution in [0.1, 0.15) is 31.8 Å². The highest BCUT2D eigenvalue weighted by molar-refractivity contribution is 7.26. The Kier molecular flexibility index (Phi) is 6.36. The van der Waals surface area contributed by atoms with Gasteiger partial charge in [-0.1, -0.05) is 165 Å². The molecular weight excluding hydrogens is 737 g/mol. The summed E-state index contributed by atoms with van der Waals surface area (Å²) in [6, 6.07) is 50.7. The molecule has 8 aromatic carbocycles. The third kappa shape index (κ3) is 5.18. The molecule has 0 aliphatic heterocycles. The number of benzene rings is 8. The number of aromatic nitrogens is 4. The fourth-order valence-corrected chi connectivity index (χ4v) is 10.5. The third-order valence-electron chi connectivity index (χ3n) is 11.9. The number of para-hydroxylation sites is 1. The Labute approximate surface area is 352 Å². The van der Waals surface area contributed by atoms with Gasteiger partial charge in [0.25, 0.3) is 0 Å². The van der Waals surface area contributed by atoms with Crippen molar-refractivity contribution in [2.75, 3.05) is 0 Å². The minimum Gasteiger partial charge on any atom is -0.309 e. The van der Waals surface area contributed by atoms with Gasteiger partial charge in [0.05, 0.1) is 17.9 Å². The molecule has 5 heteroatoms. The number of thiophene rings is 1. The predicted octanol–water partition coefficient (Wildman–Crippen LogP) is 14.3. The maximum Gasteiger partial charge on any atom is 0.165 e. The molecule has 1 aliphatic rings. The number of rotatable bonds is 5. The van der Waals surface area contributed by atoms with E-state index in [0.29, 0.717) is 17.2 Å². The number of fused-ring (bicyclic) bond motifs is 9. The fourth-order valence-electron chi connectivity index (χ4n) is 9.15. The van der Waals surface area contributed by atoms with Crippen molar-refractivity contribution in [3.8, 4) is 62.1 Å². The smallest absolute Gasteiger partial charge is 0.165 e. The van der Waals surface area contributed by atoms with Crippen LogP contribution in [0.5, 0.6) is 0 Å². The fraction of sp³-hybridized carbons (Fsp3) is 0.0556. The quantitative estimate of drug-likeness (QED) is 0.175. The van der Waals surface area contributed by atoms with Gasteiger partial charge in [-0.15, -0.1) is 11.3 Å². The zero-order chi connectivity index (χ0) is 43.6. The van der Waals surface area contributed by atoms with E-state index in [-0.39, 0.29) is 28.9 Å². The van der Waals surface area contributed by atoms with Crippen molar-refractivity contribution in [2.45, 2.75) is 19.3 Å². The molecule has 3 heterocycles.